The molecule has 4 fully saturated rings. The number of halogens is 1. The van der Waals surface area contributed by atoms with E-state index in [0.29, 0.717) is 6.07 Å². The topological polar surface area (TPSA) is 9.23 Å². The predicted molar refractivity (Wildman–Crippen MR) is 52.7 cm³/mol. The molecule has 0 N–H and O–H groups in total. The van der Waals surface area contributed by atoms with E-state index in [-0.39, 0.29) is 5.60 Å². The first-order chi connectivity index (χ1) is 6.30. The van der Waals surface area contributed by atoms with Gasteiger partial charge in [0.05, 0.1) is 5.60 Å². The first-order valence-electron chi connectivity index (χ1n) is 5.49. The van der Waals surface area contributed by atoms with Crippen LogP contribution in [0, 0.1) is 17.8 Å². The van der Waals surface area contributed by atoms with E-state index >= 15 is 0 Å². The maximum atomic E-state index is 5.81. The number of hydrogen-bond donors (Lipinski definition) is 0. The van der Waals surface area contributed by atoms with Crippen molar-refractivity contribution in [3.63, 3.8) is 0 Å². The smallest absolute Gasteiger partial charge is 0.121 e. The molecule has 0 aromatic heterocycles. The highest BCUT2D eigenvalue weighted by Crippen LogP contribution is 2.57. The molecular formula is C11H17ClO. The van der Waals surface area contributed by atoms with E-state index in [9.17, 15) is 0 Å². The van der Waals surface area contributed by atoms with Crippen LogP contribution in [0.15, 0.2) is 0 Å². The number of alkyl halides is 1. The van der Waals surface area contributed by atoms with Crippen LogP contribution in [0.5, 0.6) is 0 Å². The lowest BCUT2D eigenvalue weighted by Crippen LogP contribution is -2.51. The molecule has 13 heavy (non-hydrogen) atoms. The van der Waals surface area contributed by atoms with Gasteiger partial charge >= 0.3 is 0 Å². The molecular weight excluding hydrogens is 184 g/mol. The Labute approximate surface area is 84.8 Å². The van der Waals surface area contributed by atoms with Gasteiger partial charge in [0.1, 0.15) is 6.07 Å². The molecule has 0 amide bonds. The second kappa shape index (κ2) is 2.87. The van der Waals surface area contributed by atoms with E-state index in [2.05, 4.69) is 0 Å². The molecule has 0 aromatic carbocycles. The highest BCUT2D eigenvalue weighted by atomic mass is 35.5. The number of hydrogen-bond acceptors (Lipinski definition) is 1. The fraction of sp³-hybridized carbons (Fsp3) is 1.00. The van der Waals surface area contributed by atoms with Crippen LogP contribution in [-0.4, -0.2) is 11.7 Å². The molecule has 4 saturated carbocycles. The molecule has 4 aliphatic rings. The van der Waals surface area contributed by atoms with Gasteiger partial charge in [0.25, 0.3) is 0 Å². The van der Waals surface area contributed by atoms with Crippen molar-refractivity contribution >= 4 is 11.6 Å². The fourth-order valence-corrected chi connectivity index (χ4v) is 4.56. The Kier molecular flexibility index (Phi) is 1.89. The van der Waals surface area contributed by atoms with Crippen molar-refractivity contribution in [2.45, 2.75) is 44.1 Å². The normalized spacial score (nSPS) is 52.8. The summed E-state index contributed by atoms with van der Waals surface area (Å²) < 4.78 is 5.81. The van der Waals surface area contributed by atoms with Gasteiger partial charge in [-0.2, -0.15) is 0 Å². The molecule has 4 rings (SSSR count). The quantitative estimate of drug-likeness (QED) is 0.623. The van der Waals surface area contributed by atoms with Crippen molar-refractivity contribution in [3.05, 3.63) is 0 Å². The molecule has 4 bridgehead atoms. The fourth-order valence-electron chi connectivity index (χ4n) is 4.32. The molecule has 0 radical (unpaired) electrons. The maximum Gasteiger partial charge on any atom is 0.121 e. The van der Waals surface area contributed by atoms with Crippen LogP contribution in [0.2, 0.25) is 0 Å². The summed E-state index contributed by atoms with van der Waals surface area (Å²) in [6.07, 6.45) is 8.32. The molecule has 74 valence electrons. The van der Waals surface area contributed by atoms with Crippen LogP contribution in [0.25, 0.3) is 0 Å². The van der Waals surface area contributed by atoms with E-state index in [1.165, 1.54) is 38.5 Å². The SMILES string of the molecule is ClCOC12CC3CC(CC(C3)C1)C2. The minimum atomic E-state index is 0.219. The van der Waals surface area contributed by atoms with Gasteiger partial charge in [-0.05, 0) is 56.3 Å². The molecule has 0 unspecified atom stereocenters. The lowest BCUT2D eigenvalue weighted by Gasteiger charge is -2.56. The summed E-state index contributed by atoms with van der Waals surface area (Å²) in [6.45, 7) is 0. The molecule has 4 aliphatic carbocycles. The summed E-state index contributed by atoms with van der Waals surface area (Å²) in [5.74, 6) is 2.90. The average molecular weight is 201 g/mol. The van der Waals surface area contributed by atoms with E-state index in [1.54, 1.807) is 0 Å². The third-order valence-electron chi connectivity index (χ3n) is 4.34. The van der Waals surface area contributed by atoms with Crippen molar-refractivity contribution in [1.29, 1.82) is 0 Å². The summed E-state index contributed by atoms with van der Waals surface area (Å²) >= 11 is 5.72. The van der Waals surface area contributed by atoms with Gasteiger partial charge in [-0.15, -0.1) is 0 Å². The number of ether oxygens (including phenoxy) is 1. The van der Waals surface area contributed by atoms with Gasteiger partial charge in [0, 0.05) is 0 Å². The Bertz CT molecular complexity index is 179. The number of rotatable bonds is 2. The lowest BCUT2D eigenvalue weighted by molar-refractivity contribution is -0.151. The molecule has 0 aliphatic heterocycles. The van der Waals surface area contributed by atoms with Gasteiger partial charge in [-0.1, -0.05) is 11.6 Å². The molecule has 0 spiro atoms. The molecule has 0 heterocycles. The van der Waals surface area contributed by atoms with Gasteiger partial charge in [-0.25, -0.2) is 0 Å². The second-order valence-electron chi connectivity index (χ2n) is 5.35. The zero-order chi connectivity index (χ0) is 8.89. The first-order valence-corrected chi connectivity index (χ1v) is 6.03. The Morgan fingerprint density at radius 1 is 1.00 bits per heavy atom. The van der Waals surface area contributed by atoms with Gasteiger partial charge < -0.3 is 4.74 Å². The predicted octanol–water partition coefficient (Wildman–Crippen LogP) is 3.17. The van der Waals surface area contributed by atoms with Crippen molar-refractivity contribution in [2.75, 3.05) is 6.07 Å². The Balaban J connectivity index is 1.83. The van der Waals surface area contributed by atoms with Crippen LogP contribution < -0.4 is 0 Å². The van der Waals surface area contributed by atoms with Gasteiger partial charge in [0.2, 0.25) is 0 Å². The van der Waals surface area contributed by atoms with Crippen LogP contribution in [-0.2, 0) is 4.74 Å². The van der Waals surface area contributed by atoms with Crippen molar-refractivity contribution < 1.29 is 4.74 Å². The van der Waals surface area contributed by atoms with Crippen LogP contribution >= 0.6 is 11.6 Å². The van der Waals surface area contributed by atoms with Crippen LogP contribution in [0.4, 0.5) is 0 Å². The van der Waals surface area contributed by atoms with Gasteiger partial charge in [0.15, 0.2) is 0 Å². The monoisotopic (exact) mass is 200 g/mol. The maximum absolute atomic E-state index is 5.81. The highest BCUT2D eigenvalue weighted by molar-refractivity contribution is 6.17. The Morgan fingerprint density at radius 2 is 1.46 bits per heavy atom. The summed E-state index contributed by atoms with van der Waals surface area (Å²) in [4.78, 5) is 0. The molecule has 0 saturated heterocycles. The summed E-state index contributed by atoms with van der Waals surface area (Å²) in [5, 5.41) is 0. The molecule has 2 heteroatoms. The van der Waals surface area contributed by atoms with Crippen molar-refractivity contribution in [3.8, 4) is 0 Å². The third-order valence-corrected chi connectivity index (χ3v) is 4.45. The largest absolute Gasteiger partial charge is 0.359 e. The zero-order valence-electron chi connectivity index (χ0n) is 7.97. The van der Waals surface area contributed by atoms with E-state index in [0.717, 1.165) is 17.8 Å². The molecule has 0 aromatic rings. The first kappa shape index (κ1) is 8.55. The molecule has 1 nitrogen and oxygen atoms in total. The van der Waals surface area contributed by atoms with E-state index < -0.39 is 0 Å². The Hall–Kier alpha value is 0.250. The standard InChI is InChI=1S/C11H17ClO/c12-7-13-11-4-8-1-9(5-11)3-10(2-8)6-11/h8-10H,1-7H2. The lowest BCUT2D eigenvalue weighted by atomic mass is 9.54. The van der Waals surface area contributed by atoms with Crippen LogP contribution in [0.1, 0.15) is 38.5 Å². The zero-order valence-corrected chi connectivity index (χ0v) is 8.72. The minimum absolute atomic E-state index is 0.219. The third kappa shape index (κ3) is 1.32. The molecule has 0 atom stereocenters. The Morgan fingerprint density at radius 3 is 1.85 bits per heavy atom. The summed E-state index contributed by atoms with van der Waals surface area (Å²) in [5.41, 5.74) is 0.219. The summed E-state index contributed by atoms with van der Waals surface area (Å²) in [6, 6.07) is 0.395. The summed E-state index contributed by atoms with van der Waals surface area (Å²) in [7, 11) is 0. The van der Waals surface area contributed by atoms with Crippen LogP contribution in [0.3, 0.4) is 0 Å². The minimum Gasteiger partial charge on any atom is -0.359 e. The van der Waals surface area contributed by atoms with Crippen molar-refractivity contribution in [1.82, 2.24) is 0 Å². The van der Waals surface area contributed by atoms with E-state index in [4.69, 9.17) is 16.3 Å². The van der Waals surface area contributed by atoms with Gasteiger partial charge in [-0.3, -0.25) is 0 Å². The highest BCUT2D eigenvalue weighted by Gasteiger charge is 2.51. The van der Waals surface area contributed by atoms with Crippen molar-refractivity contribution in [2.24, 2.45) is 17.8 Å². The average Bonchev–Trinajstić information content (AvgIpc) is 2.00. The van der Waals surface area contributed by atoms with E-state index in [1.807, 2.05) is 0 Å². The second-order valence-corrected chi connectivity index (χ2v) is 5.57.